The fraction of sp³-hybridized carbons (Fsp3) is 0.579. The summed E-state index contributed by atoms with van der Waals surface area (Å²) in [6, 6.07) is 7.89. The molecule has 0 spiro atoms. The highest BCUT2D eigenvalue weighted by Gasteiger charge is 2.28. The Morgan fingerprint density at radius 2 is 2.00 bits per heavy atom. The van der Waals surface area contributed by atoms with E-state index in [1.165, 1.54) is 32.1 Å². The van der Waals surface area contributed by atoms with Crippen LogP contribution >= 0.6 is 0 Å². The molecule has 1 atom stereocenters. The summed E-state index contributed by atoms with van der Waals surface area (Å²) < 4.78 is 0. The topological polar surface area (TPSA) is 49.4 Å². The van der Waals surface area contributed by atoms with Crippen molar-refractivity contribution in [3.63, 3.8) is 0 Å². The number of carbonyl (C=O) groups is 2. The standard InChI is InChI=1S/C19H26N2O2/c1-14-10-11-19(23)21(14)17-9-5-8-16(13-17)20-18(22)12-15-6-3-2-4-7-15/h5,8-9,13-15H,2-4,6-7,10-12H2,1H3,(H,20,22). The van der Waals surface area contributed by atoms with Crippen molar-refractivity contribution >= 4 is 23.2 Å². The lowest BCUT2D eigenvalue weighted by Gasteiger charge is -2.23. The Balaban J connectivity index is 1.63. The van der Waals surface area contributed by atoms with Gasteiger partial charge >= 0.3 is 0 Å². The molecule has 1 saturated heterocycles. The molecule has 1 aromatic rings. The van der Waals surface area contributed by atoms with Crippen molar-refractivity contribution < 1.29 is 9.59 Å². The summed E-state index contributed by atoms with van der Waals surface area (Å²) in [5.74, 6) is 0.796. The van der Waals surface area contributed by atoms with Crippen LogP contribution in [0.15, 0.2) is 24.3 Å². The van der Waals surface area contributed by atoms with E-state index in [0.29, 0.717) is 18.8 Å². The van der Waals surface area contributed by atoms with Crippen LogP contribution in [0.3, 0.4) is 0 Å². The second-order valence-corrected chi connectivity index (χ2v) is 6.96. The summed E-state index contributed by atoms with van der Waals surface area (Å²) in [7, 11) is 0. The zero-order chi connectivity index (χ0) is 16.2. The monoisotopic (exact) mass is 314 g/mol. The quantitative estimate of drug-likeness (QED) is 0.909. The Bertz CT molecular complexity index is 578. The molecule has 1 saturated carbocycles. The third-order valence-corrected chi connectivity index (χ3v) is 5.09. The number of nitrogens with one attached hydrogen (secondary N) is 1. The van der Waals surface area contributed by atoms with Gasteiger partial charge in [0.1, 0.15) is 0 Å². The average molecular weight is 314 g/mol. The highest BCUT2D eigenvalue weighted by molar-refractivity contribution is 5.97. The summed E-state index contributed by atoms with van der Waals surface area (Å²) in [6.45, 7) is 2.07. The van der Waals surface area contributed by atoms with Crippen LogP contribution in [0.25, 0.3) is 0 Å². The summed E-state index contributed by atoms with van der Waals surface area (Å²) in [4.78, 5) is 26.1. The highest BCUT2D eigenvalue weighted by atomic mass is 16.2. The second-order valence-electron chi connectivity index (χ2n) is 6.96. The Hall–Kier alpha value is -1.84. The molecule has 3 rings (SSSR count). The molecule has 124 valence electrons. The Morgan fingerprint density at radius 3 is 2.70 bits per heavy atom. The molecule has 2 fully saturated rings. The van der Waals surface area contributed by atoms with Gasteiger partial charge in [0.15, 0.2) is 0 Å². The van der Waals surface area contributed by atoms with Crippen LogP contribution in [0.4, 0.5) is 11.4 Å². The van der Waals surface area contributed by atoms with E-state index in [-0.39, 0.29) is 17.9 Å². The molecule has 0 radical (unpaired) electrons. The zero-order valence-electron chi connectivity index (χ0n) is 13.9. The smallest absolute Gasteiger partial charge is 0.227 e. The number of amides is 2. The number of carbonyl (C=O) groups excluding carboxylic acids is 2. The van der Waals surface area contributed by atoms with Gasteiger partial charge in [0, 0.05) is 30.3 Å². The molecule has 23 heavy (non-hydrogen) atoms. The maximum absolute atomic E-state index is 12.3. The van der Waals surface area contributed by atoms with Crippen LogP contribution in [0.1, 0.15) is 58.3 Å². The fourth-order valence-corrected chi connectivity index (χ4v) is 3.83. The highest BCUT2D eigenvalue weighted by Crippen LogP contribution is 2.29. The largest absolute Gasteiger partial charge is 0.326 e. The molecule has 0 bridgehead atoms. The second kappa shape index (κ2) is 7.16. The first kappa shape index (κ1) is 16.0. The van der Waals surface area contributed by atoms with Crippen LogP contribution in [-0.4, -0.2) is 17.9 Å². The maximum Gasteiger partial charge on any atom is 0.227 e. The molecule has 1 heterocycles. The maximum atomic E-state index is 12.3. The van der Waals surface area contributed by atoms with E-state index < -0.39 is 0 Å². The number of anilines is 2. The van der Waals surface area contributed by atoms with Gasteiger partial charge in [0.05, 0.1) is 0 Å². The van der Waals surface area contributed by atoms with E-state index in [1.54, 1.807) is 0 Å². The minimum atomic E-state index is 0.0925. The SMILES string of the molecule is CC1CCC(=O)N1c1cccc(NC(=O)CC2CCCCC2)c1. The molecule has 4 nitrogen and oxygen atoms in total. The third-order valence-electron chi connectivity index (χ3n) is 5.09. The first-order chi connectivity index (χ1) is 11.1. The number of hydrogen-bond acceptors (Lipinski definition) is 2. The van der Waals surface area contributed by atoms with Crippen LogP contribution < -0.4 is 10.2 Å². The van der Waals surface area contributed by atoms with Crippen LogP contribution in [0, 0.1) is 5.92 Å². The van der Waals surface area contributed by atoms with Gasteiger partial charge in [0.2, 0.25) is 11.8 Å². The Labute approximate surface area is 138 Å². The van der Waals surface area contributed by atoms with Gasteiger partial charge in [-0.05, 0) is 50.3 Å². The summed E-state index contributed by atoms with van der Waals surface area (Å²) in [5, 5.41) is 3.01. The van der Waals surface area contributed by atoms with E-state index >= 15 is 0 Å². The number of nitrogens with zero attached hydrogens (tertiary/aromatic N) is 1. The molecule has 1 N–H and O–H groups in total. The van der Waals surface area contributed by atoms with Crippen molar-refractivity contribution in [3.8, 4) is 0 Å². The summed E-state index contributed by atoms with van der Waals surface area (Å²) >= 11 is 0. The van der Waals surface area contributed by atoms with Gasteiger partial charge in [0.25, 0.3) is 0 Å². The van der Waals surface area contributed by atoms with Gasteiger partial charge < -0.3 is 10.2 Å². The normalized spacial score (nSPS) is 22.4. The van der Waals surface area contributed by atoms with E-state index in [0.717, 1.165) is 17.8 Å². The Kier molecular flexibility index (Phi) is 4.99. The third kappa shape index (κ3) is 3.92. The molecular formula is C19H26N2O2. The number of hydrogen-bond donors (Lipinski definition) is 1. The van der Waals surface area contributed by atoms with Crippen molar-refractivity contribution in [1.29, 1.82) is 0 Å². The van der Waals surface area contributed by atoms with Crippen molar-refractivity contribution in [2.24, 2.45) is 5.92 Å². The first-order valence-electron chi connectivity index (χ1n) is 8.85. The molecule has 1 aromatic carbocycles. The van der Waals surface area contributed by atoms with E-state index in [4.69, 9.17) is 0 Å². The molecule has 4 heteroatoms. The lowest BCUT2D eigenvalue weighted by Crippen LogP contribution is -2.30. The van der Waals surface area contributed by atoms with Crippen molar-refractivity contribution in [3.05, 3.63) is 24.3 Å². The van der Waals surface area contributed by atoms with Crippen LogP contribution in [-0.2, 0) is 9.59 Å². The van der Waals surface area contributed by atoms with Crippen molar-refractivity contribution in [2.75, 3.05) is 10.2 Å². The molecule has 2 amide bonds. The molecule has 2 aliphatic rings. The predicted octanol–water partition coefficient (Wildman–Crippen LogP) is 4.11. The molecular weight excluding hydrogens is 288 g/mol. The van der Waals surface area contributed by atoms with Crippen molar-refractivity contribution in [2.45, 2.75) is 64.3 Å². The Morgan fingerprint density at radius 1 is 1.22 bits per heavy atom. The average Bonchev–Trinajstić information content (AvgIpc) is 2.87. The lowest BCUT2D eigenvalue weighted by molar-refractivity contribution is -0.118. The fourth-order valence-electron chi connectivity index (χ4n) is 3.83. The van der Waals surface area contributed by atoms with Gasteiger partial charge in [-0.25, -0.2) is 0 Å². The summed E-state index contributed by atoms with van der Waals surface area (Å²) in [5.41, 5.74) is 1.67. The van der Waals surface area contributed by atoms with Crippen LogP contribution in [0.5, 0.6) is 0 Å². The minimum absolute atomic E-state index is 0.0925. The predicted molar refractivity (Wildman–Crippen MR) is 92.4 cm³/mol. The summed E-state index contributed by atoms with van der Waals surface area (Å²) in [6.07, 6.45) is 8.29. The molecule has 1 aliphatic heterocycles. The first-order valence-corrected chi connectivity index (χ1v) is 8.85. The van der Waals surface area contributed by atoms with Crippen molar-refractivity contribution in [1.82, 2.24) is 0 Å². The van der Waals surface area contributed by atoms with Gasteiger partial charge in [-0.1, -0.05) is 25.3 Å². The van der Waals surface area contributed by atoms with E-state index in [2.05, 4.69) is 12.2 Å². The molecule has 1 unspecified atom stereocenters. The number of benzene rings is 1. The zero-order valence-corrected chi connectivity index (χ0v) is 13.9. The van der Waals surface area contributed by atoms with Gasteiger partial charge in [-0.15, -0.1) is 0 Å². The van der Waals surface area contributed by atoms with Crippen LogP contribution in [0.2, 0.25) is 0 Å². The molecule has 0 aromatic heterocycles. The van der Waals surface area contributed by atoms with E-state index in [9.17, 15) is 9.59 Å². The van der Waals surface area contributed by atoms with Gasteiger partial charge in [-0.3, -0.25) is 9.59 Å². The molecule has 1 aliphatic carbocycles. The number of rotatable bonds is 4. The van der Waals surface area contributed by atoms with Gasteiger partial charge in [-0.2, -0.15) is 0 Å². The van der Waals surface area contributed by atoms with E-state index in [1.807, 2.05) is 29.2 Å². The lowest BCUT2D eigenvalue weighted by atomic mass is 9.87. The minimum Gasteiger partial charge on any atom is -0.326 e.